The number of hydrogen-bond donors (Lipinski definition) is 1. The summed E-state index contributed by atoms with van der Waals surface area (Å²) in [5, 5.41) is 3.22. The van der Waals surface area contributed by atoms with Crippen LogP contribution in [0.1, 0.15) is 63.5 Å². The Labute approximate surface area is 198 Å². The summed E-state index contributed by atoms with van der Waals surface area (Å²) in [4.78, 5) is 28.2. The minimum atomic E-state index is -0.491. The molecule has 0 unspecified atom stereocenters. The van der Waals surface area contributed by atoms with Crippen molar-refractivity contribution in [1.82, 2.24) is 10.2 Å². The summed E-state index contributed by atoms with van der Waals surface area (Å²) in [5.74, 6) is 0.470. The van der Waals surface area contributed by atoms with Crippen LogP contribution in [-0.4, -0.2) is 41.9 Å². The third-order valence-electron chi connectivity index (χ3n) is 6.52. The second kappa shape index (κ2) is 13.0. The SMILES string of the molecule is CCc1ccc(OCC(=O)N(CCc2ccccc2)[C@H](CC)C(=O)NC2CCCCC2)cc1. The van der Waals surface area contributed by atoms with Gasteiger partial charge in [-0.3, -0.25) is 9.59 Å². The number of nitrogens with one attached hydrogen (secondary N) is 1. The molecular weight excluding hydrogens is 412 g/mol. The molecule has 0 bridgehead atoms. The maximum absolute atomic E-state index is 13.3. The van der Waals surface area contributed by atoms with Gasteiger partial charge in [0.2, 0.25) is 5.91 Å². The number of hydrogen-bond acceptors (Lipinski definition) is 3. The van der Waals surface area contributed by atoms with Gasteiger partial charge in [-0.15, -0.1) is 0 Å². The molecule has 2 amide bonds. The number of benzene rings is 2. The van der Waals surface area contributed by atoms with Gasteiger partial charge in [-0.1, -0.05) is 75.6 Å². The van der Waals surface area contributed by atoms with Gasteiger partial charge in [0.05, 0.1) is 0 Å². The quantitative estimate of drug-likeness (QED) is 0.528. The van der Waals surface area contributed by atoms with Crippen molar-refractivity contribution in [3.63, 3.8) is 0 Å². The molecule has 5 heteroatoms. The fourth-order valence-corrected chi connectivity index (χ4v) is 4.49. The molecule has 0 aliphatic heterocycles. The average Bonchev–Trinajstić information content (AvgIpc) is 2.86. The van der Waals surface area contributed by atoms with E-state index in [4.69, 9.17) is 4.74 Å². The van der Waals surface area contributed by atoms with E-state index in [1.54, 1.807) is 4.90 Å². The molecule has 0 aromatic heterocycles. The normalized spacial score (nSPS) is 15.0. The van der Waals surface area contributed by atoms with Gasteiger partial charge in [-0.25, -0.2) is 0 Å². The van der Waals surface area contributed by atoms with Crippen molar-refractivity contribution < 1.29 is 14.3 Å². The van der Waals surface area contributed by atoms with Crippen molar-refractivity contribution in [3.05, 3.63) is 65.7 Å². The summed E-state index contributed by atoms with van der Waals surface area (Å²) in [6, 6.07) is 17.6. The molecule has 1 aliphatic rings. The molecule has 1 saturated carbocycles. The van der Waals surface area contributed by atoms with Gasteiger partial charge in [-0.05, 0) is 55.4 Å². The zero-order valence-corrected chi connectivity index (χ0v) is 20.1. The largest absolute Gasteiger partial charge is 0.484 e. The van der Waals surface area contributed by atoms with Gasteiger partial charge in [0, 0.05) is 12.6 Å². The Kier molecular flexibility index (Phi) is 9.79. The van der Waals surface area contributed by atoms with Crippen LogP contribution in [0.25, 0.3) is 0 Å². The standard InChI is InChI=1S/C28H38N2O3/c1-3-22-15-17-25(18-16-22)33-21-27(31)30(20-19-23-11-7-5-8-12-23)26(4-2)28(32)29-24-13-9-6-10-14-24/h5,7-8,11-12,15-18,24,26H,3-4,6,9-10,13-14,19-21H2,1-2H3,(H,29,32)/t26-/m1/s1. The summed E-state index contributed by atoms with van der Waals surface area (Å²) >= 11 is 0. The van der Waals surface area contributed by atoms with Crippen LogP contribution >= 0.6 is 0 Å². The van der Waals surface area contributed by atoms with Gasteiger partial charge in [0.15, 0.2) is 6.61 Å². The monoisotopic (exact) mass is 450 g/mol. The molecule has 0 radical (unpaired) electrons. The Hall–Kier alpha value is -2.82. The fraction of sp³-hybridized carbons (Fsp3) is 0.500. The molecule has 2 aromatic carbocycles. The lowest BCUT2D eigenvalue weighted by molar-refractivity contribution is -0.142. The van der Waals surface area contributed by atoms with Crippen LogP contribution in [0.5, 0.6) is 5.75 Å². The molecule has 1 aliphatic carbocycles. The van der Waals surface area contributed by atoms with E-state index in [0.29, 0.717) is 25.1 Å². The van der Waals surface area contributed by atoms with Gasteiger partial charge >= 0.3 is 0 Å². The number of carbonyl (C=O) groups excluding carboxylic acids is 2. The second-order valence-corrected chi connectivity index (χ2v) is 8.88. The van der Waals surface area contributed by atoms with Gasteiger partial charge in [-0.2, -0.15) is 0 Å². The third kappa shape index (κ3) is 7.62. The number of rotatable bonds is 11. The topological polar surface area (TPSA) is 58.6 Å². The zero-order valence-electron chi connectivity index (χ0n) is 20.1. The van der Waals surface area contributed by atoms with Crippen molar-refractivity contribution in [2.24, 2.45) is 0 Å². The van der Waals surface area contributed by atoms with Crippen LogP contribution in [0.4, 0.5) is 0 Å². The number of amides is 2. The Bertz CT molecular complexity index is 860. The van der Waals surface area contributed by atoms with Gasteiger partial charge < -0.3 is 15.0 Å². The first-order chi connectivity index (χ1) is 16.1. The molecule has 2 aromatic rings. The predicted molar refractivity (Wildman–Crippen MR) is 132 cm³/mol. The lowest BCUT2D eigenvalue weighted by atomic mass is 9.95. The summed E-state index contributed by atoms with van der Waals surface area (Å²) < 4.78 is 5.80. The minimum Gasteiger partial charge on any atom is -0.484 e. The number of ether oxygens (including phenoxy) is 1. The maximum atomic E-state index is 13.3. The van der Waals surface area contributed by atoms with Crippen molar-refractivity contribution >= 4 is 11.8 Å². The predicted octanol–water partition coefficient (Wildman–Crippen LogP) is 4.93. The summed E-state index contributed by atoms with van der Waals surface area (Å²) in [5.41, 5.74) is 2.37. The fourth-order valence-electron chi connectivity index (χ4n) is 4.49. The molecule has 178 valence electrons. The van der Waals surface area contributed by atoms with Crippen LogP contribution in [0.15, 0.2) is 54.6 Å². The van der Waals surface area contributed by atoms with E-state index in [9.17, 15) is 9.59 Å². The van der Waals surface area contributed by atoms with E-state index in [2.05, 4.69) is 24.4 Å². The Morgan fingerprint density at radius 3 is 2.30 bits per heavy atom. The summed E-state index contributed by atoms with van der Waals surface area (Å²) in [7, 11) is 0. The van der Waals surface area contributed by atoms with Crippen molar-refractivity contribution in [2.45, 2.75) is 77.3 Å². The zero-order chi connectivity index (χ0) is 23.5. The highest BCUT2D eigenvalue weighted by Gasteiger charge is 2.30. The van der Waals surface area contributed by atoms with Crippen molar-refractivity contribution in [3.8, 4) is 5.75 Å². The summed E-state index contributed by atoms with van der Waals surface area (Å²) in [6.07, 6.45) is 7.83. The van der Waals surface area contributed by atoms with Crippen LogP contribution in [0.2, 0.25) is 0 Å². The Morgan fingerprint density at radius 1 is 0.970 bits per heavy atom. The molecule has 1 N–H and O–H groups in total. The lowest BCUT2D eigenvalue weighted by Crippen LogP contribution is -2.53. The van der Waals surface area contributed by atoms with E-state index in [0.717, 1.165) is 37.7 Å². The van der Waals surface area contributed by atoms with E-state index in [1.807, 2.05) is 49.4 Å². The van der Waals surface area contributed by atoms with E-state index in [1.165, 1.54) is 12.0 Å². The second-order valence-electron chi connectivity index (χ2n) is 8.88. The van der Waals surface area contributed by atoms with E-state index in [-0.39, 0.29) is 24.5 Å². The first-order valence-corrected chi connectivity index (χ1v) is 12.5. The van der Waals surface area contributed by atoms with Crippen LogP contribution in [0, 0.1) is 0 Å². The van der Waals surface area contributed by atoms with Gasteiger partial charge in [0.25, 0.3) is 5.91 Å². The van der Waals surface area contributed by atoms with Crippen LogP contribution in [0.3, 0.4) is 0 Å². The van der Waals surface area contributed by atoms with Crippen LogP contribution in [-0.2, 0) is 22.4 Å². The highest BCUT2D eigenvalue weighted by Crippen LogP contribution is 2.19. The molecule has 1 atom stereocenters. The first-order valence-electron chi connectivity index (χ1n) is 12.5. The average molecular weight is 451 g/mol. The molecule has 3 rings (SSSR count). The Balaban J connectivity index is 1.68. The molecular formula is C28H38N2O3. The minimum absolute atomic E-state index is 0.0434. The molecule has 0 heterocycles. The lowest BCUT2D eigenvalue weighted by Gasteiger charge is -2.32. The summed E-state index contributed by atoms with van der Waals surface area (Å²) in [6.45, 7) is 4.48. The maximum Gasteiger partial charge on any atom is 0.261 e. The molecule has 1 fully saturated rings. The van der Waals surface area contributed by atoms with Crippen molar-refractivity contribution in [2.75, 3.05) is 13.2 Å². The molecule has 33 heavy (non-hydrogen) atoms. The van der Waals surface area contributed by atoms with Gasteiger partial charge in [0.1, 0.15) is 11.8 Å². The Morgan fingerprint density at radius 2 is 1.67 bits per heavy atom. The molecule has 0 saturated heterocycles. The van der Waals surface area contributed by atoms with E-state index >= 15 is 0 Å². The highest BCUT2D eigenvalue weighted by molar-refractivity contribution is 5.88. The van der Waals surface area contributed by atoms with E-state index < -0.39 is 6.04 Å². The number of carbonyl (C=O) groups is 2. The number of aryl methyl sites for hydroxylation is 1. The highest BCUT2D eigenvalue weighted by atomic mass is 16.5. The molecule has 0 spiro atoms. The molecule has 5 nitrogen and oxygen atoms in total. The van der Waals surface area contributed by atoms with Crippen molar-refractivity contribution in [1.29, 1.82) is 0 Å². The van der Waals surface area contributed by atoms with Crippen LogP contribution < -0.4 is 10.1 Å². The smallest absolute Gasteiger partial charge is 0.261 e. The third-order valence-corrected chi connectivity index (χ3v) is 6.52. The number of nitrogens with zero attached hydrogens (tertiary/aromatic N) is 1. The first kappa shape index (κ1) is 24.8.